The van der Waals surface area contributed by atoms with Gasteiger partial charge >= 0.3 is 0 Å². The number of amides is 2. The molecule has 2 heterocycles. The predicted octanol–water partition coefficient (Wildman–Crippen LogP) is 2.36. The van der Waals surface area contributed by atoms with E-state index in [1.165, 1.54) is 0 Å². The number of carbonyl (C=O) groups excluding carboxylic acids is 2. The summed E-state index contributed by atoms with van der Waals surface area (Å²) in [5, 5.41) is 10.2. The molecule has 24 heavy (non-hydrogen) atoms. The molecule has 0 bridgehead atoms. The fraction of sp³-hybridized carbons (Fsp3) is 0.389. The van der Waals surface area contributed by atoms with Gasteiger partial charge in [-0.2, -0.15) is 5.10 Å². The van der Waals surface area contributed by atoms with Crippen molar-refractivity contribution in [3.63, 3.8) is 0 Å². The van der Waals surface area contributed by atoms with E-state index in [-0.39, 0.29) is 17.9 Å². The van der Waals surface area contributed by atoms with Gasteiger partial charge in [-0.1, -0.05) is 19.1 Å². The largest absolute Gasteiger partial charge is 0.344 e. The summed E-state index contributed by atoms with van der Waals surface area (Å²) in [5.74, 6) is -0.0808. The van der Waals surface area contributed by atoms with Gasteiger partial charge in [-0.15, -0.1) is 0 Å². The van der Waals surface area contributed by atoms with Crippen molar-refractivity contribution in [1.82, 2.24) is 15.1 Å². The number of anilines is 1. The van der Waals surface area contributed by atoms with Crippen molar-refractivity contribution in [2.24, 2.45) is 7.05 Å². The van der Waals surface area contributed by atoms with Crippen molar-refractivity contribution in [3.05, 3.63) is 46.8 Å². The lowest BCUT2D eigenvalue weighted by molar-refractivity contribution is -0.116. The highest BCUT2D eigenvalue weighted by Crippen LogP contribution is 2.26. The lowest BCUT2D eigenvalue weighted by Gasteiger charge is -2.20. The maximum absolute atomic E-state index is 12.5. The van der Waals surface area contributed by atoms with E-state index >= 15 is 0 Å². The van der Waals surface area contributed by atoms with Gasteiger partial charge in [-0.3, -0.25) is 14.3 Å². The van der Waals surface area contributed by atoms with E-state index in [1.54, 1.807) is 11.7 Å². The van der Waals surface area contributed by atoms with Gasteiger partial charge in [0.25, 0.3) is 5.91 Å². The molecule has 1 aromatic heterocycles. The van der Waals surface area contributed by atoms with E-state index < -0.39 is 0 Å². The Balaban J connectivity index is 1.74. The number of aryl methyl sites for hydroxylation is 3. The first kappa shape index (κ1) is 16.2. The zero-order valence-corrected chi connectivity index (χ0v) is 14.2. The number of nitrogens with zero attached hydrogens (tertiary/aromatic N) is 2. The van der Waals surface area contributed by atoms with Crippen LogP contribution in [0.4, 0.5) is 5.69 Å². The molecule has 2 N–H and O–H groups in total. The molecule has 0 saturated heterocycles. The normalized spacial score (nSPS) is 14.7. The van der Waals surface area contributed by atoms with E-state index in [0.717, 1.165) is 35.3 Å². The highest BCUT2D eigenvalue weighted by Gasteiger charge is 2.19. The summed E-state index contributed by atoms with van der Waals surface area (Å²) < 4.78 is 1.61. The van der Waals surface area contributed by atoms with Gasteiger partial charge in [0.05, 0.1) is 11.7 Å². The Kier molecular flexibility index (Phi) is 4.38. The van der Waals surface area contributed by atoms with Crippen LogP contribution in [0.15, 0.2) is 24.3 Å². The summed E-state index contributed by atoms with van der Waals surface area (Å²) in [6.07, 6.45) is 2.04. The molecule has 0 aliphatic carbocycles. The van der Waals surface area contributed by atoms with Crippen LogP contribution >= 0.6 is 0 Å². The van der Waals surface area contributed by atoms with Crippen molar-refractivity contribution in [2.45, 2.75) is 39.2 Å². The van der Waals surface area contributed by atoms with Crippen molar-refractivity contribution < 1.29 is 9.59 Å². The molecule has 2 aromatic rings. The Hall–Kier alpha value is -2.63. The molecule has 0 saturated carbocycles. The smallest absolute Gasteiger partial charge is 0.270 e. The third-order valence-corrected chi connectivity index (χ3v) is 4.40. The zero-order valence-electron chi connectivity index (χ0n) is 14.2. The average Bonchev–Trinajstić information content (AvgIpc) is 2.95. The van der Waals surface area contributed by atoms with Crippen LogP contribution in [0.25, 0.3) is 0 Å². The van der Waals surface area contributed by atoms with Crippen molar-refractivity contribution >= 4 is 17.5 Å². The molecule has 6 heteroatoms. The molecular weight excluding hydrogens is 304 g/mol. The molecule has 0 radical (unpaired) electrons. The van der Waals surface area contributed by atoms with E-state index in [1.807, 2.05) is 32.0 Å². The van der Waals surface area contributed by atoms with E-state index in [0.29, 0.717) is 12.1 Å². The summed E-state index contributed by atoms with van der Waals surface area (Å²) in [6, 6.07) is 7.60. The third-order valence-electron chi connectivity index (χ3n) is 4.40. The lowest BCUT2D eigenvalue weighted by Crippen LogP contribution is -2.28. The first-order chi connectivity index (χ1) is 11.5. The van der Waals surface area contributed by atoms with Crippen molar-refractivity contribution in [3.8, 4) is 0 Å². The van der Waals surface area contributed by atoms with Crippen LogP contribution in [0.2, 0.25) is 0 Å². The molecule has 1 atom stereocenters. The van der Waals surface area contributed by atoms with Crippen LogP contribution in [-0.2, 0) is 24.7 Å². The molecule has 1 unspecified atom stereocenters. The second kappa shape index (κ2) is 6.47. The number of hydrogen-bond donors (Lipinski definition) is 2. The minimum absolute atomic E-state index is 0.0551. The first-order valence-electron chi connectivity index (χ1n) is 8.24. The van der Waals surface area contributed by atoms with Gasteiger partial charge in [0.15, 0.2) is 0 Å². The highest BCUT2D eigenvalue weighted by atomic mass is 16.2. The average molecular weight is 326 g/mol. The Morgan fingerprint density at radius 1 is 1.38 bits per heavy atom. The fourth-order valence-electron chi connectivity index (χ4n) is 2.94. The molecule has 3 rings (SSSR count). The van der Waals surface area contributed by atoms with Gasteiger partial charge in [0.2, 0.25) is 5.91 Å². The van der Waals surface area contributed by atoms with Gasteiger partial charge in [-0.25, -0.2) is 0 Å². The molecule has 1 aliphatic heterocycles. The summed E-state index contributed by atoms with van der Waals surface area (Å²) in [6.45, 7) is 3.97. The third kappa shape index (κ3) is 3.18. The molecule has 1 aliphatic rings. The SMILES string of the molecule is CCc1cc(C(=O)NC(C)c2ccc3c(c2)CCC(=O)N3)n(C)n1. The number of nitrogens with one attached hydrogen (secondary N) is 2. The molecule has 126 valence electrons. The van der Waals surface area contributed by atoms with E-state index in [4.69, 9.17) is 0 Å². The first-order valence-corrected chi connectivity index (χ1v) is 8.24. The number of aromatic nitrogens is 2. The lowest BCUT2D eigenvalue weighted by atomic mass is 9.98. The van der Waals surface area contributed by atoms with Crippen LogP contribution in [-0.4, -0.2) is 21.6 Å². The number of carbonyl (C=O) groups is 2. The molecule has 1 aromatic carbocycles. The van der Waals surface area contributed by atoms with Crippen LogP contribution in [0.3, 0.4) is 0 Å². The van der Waals surface area contributed by atoms with Gasteiger partial charge in [0.1, 0.15) is 5.69 Å². The Morgan fingerprint density at radius 3 is 2.88 bits per heavy atom. The van der Waals surface area contributed by atoms with E-state index in [2.05, 4.69) is 21.8 Å². The van der Waals surface area contributed by atoms with Crippen LogP contribution in [0.1, 0.15) is 53.6 Å². The fourth-order valence-corrected chi connectivity index (χ4v) is 2.94. The Labute approximate surface area is 141 Å². The summed E-state index contributed by atoms with van der Waals surface area (Å²) in [7, 11) is 1.78. The van der Waals surface area contributed by atoms with Gasteiger partial charge < -0.3 is 10.6 Å². The number of benzene rings is 1. The maximum Gasteiger partial charge on any atom is 0.270 e. The molecule has 2 amide bonds. The van der Waals surface area contributed by atoms with Crippen LogP contribution in [0.5, 0.6) is 0 Å². The summed E-state index contributed by atoms with van der Waals surface area (Å²) in [5.41, 5.74) is 4.47. The Bertz CT molecular complexity index is 794. The van der Waals surface area contributed by atoms with Crippen molar-refractivity contribution in [2.75, 3.05) is 5.32 Å². The zero-order chi connectivity index (χ0) is 17.3. The predicted molar refractivity (Wildman–Crippen MR) is 91.9 cm³/mol. The summed E-state index contributed by atoms with van der Waals surface area (Å²) >= 11 is 0. The minimum Gasteiger partial charge on any atom is -0.344 e. The molecule has 0 spiro atoms. The molecule has 6 nitrogen and oxygen atoms in total. The topological polar surface area (TPSA) is 76.0 Å². The number of fused-ring (bicyclic) bond motifs is 1. The standard InChI is InChI=1S/C18H22N4O2/c1-4-14-10-16(22(3)21-14)18(24)19-11(2)12-5-7-15-13(9-12)6-8-17(23)20-15/h5,7,9-11H,4,6,8H2,1-3H3,(H,19,24)(H,20,23). The molecule has 0 fully saturated rings. The number of rotatable bonds is 4. The monoisotopic (exact) mass is 326 g/mol. The van der Waals surface area contributed by atoms with Crippen LogP contribution in [0, 0.1) is 0 Å². The minimum atomic E-state index is -0.136. The second-order valence-electron chi connectivity index (χ2n) is 6.16. The second-order valence-corrected chi connectivity index (χ2v) is 6.16. The number of hydrogen-bond acceptors (Lipinski definition) is 3. The van der Waals surface area contributed by atoms with Gasteiger partial charge in [0, 0.05) is 19.2 Å². The van der Waals surface area contributed by atoms with Gasteiger partial charge in [-0.05, 0) is 43.0 Å². The molecular formula is C18H22N4O2. The summed E-state index contributed by atoms with van der Waals surface area (Å²) in [4.78, 5) is 23.9. The van der Waals surface area contributed by atoms with Crippen LogP contribution < -0.4 is 10.6 Å². The van der Waals surface area contributed by atoms with E-state index in [9.17, 15) is 9.59 Å². The quantitative estimate of drug-likeness (QED) is 0.905. The van der Waals surface area contributed by atoms with Crippen molar-refractivity contribution in [1.29, 1.82) is 0 Å². The maximum atomic E-state index is 12.5. The Morgan fingerprint density at radius 2 is 2.17 bits per heavy atom. The highest BCUT2D eigenvalue weighted by molar-refractivity contribution is 5.94.